The number of hydrogen-bond donors (Lipinski definition) is 0. The Hall–Kier alpha value is -0.720. The van der Waals surface area contributed by atoms with Crippen molar-refractivity contribution in [3.05, 3.63) is 29.8 Å². The second kappa shape index (κ2) is 5.56. The second-order valence-corrected chi connectivity index (χ2v) is 5.62. The molecule has 1 aliphatic carbocycles. The van der Waals surface area contributed by atoms with E-state index in [4.69, 9.17) is 4.52 Å². The fourth-order valence-corrected chi connectivity index (χ4v) is 3.30. The molecule has 0 bridgehead atoms. The van der Waals surface area contributed by atoms with Crippen LogP contribution in [0.15, 0.2) is 24.3 Å². The molecule has 1 saturated carbocycles. The van der Waals surface area contributed by atoms with Crippen molar-refractivity contribution in [2.24, 2.45) is 0 Å². The van der Waals surface area contributed by atoms with Crippen molar-refractivity contribution in [2.75, 3.05) is 0 Å². The van der Waals surface area contributed by atoms with E-state index in [-0.39, 0.29) is 6.10 Å². The Labute approximate surface area is 97.9 Å². The molecule has 2 rings (SSSR count). The SMILES string of the molecule is Cc1ccccc1[P+](=O)OC1CCCCC1. The van der Waals surface area contributed by atoms with E-state index in [9.17, 15) is 4.57 Å². The first-order valence-electron chi connectivity index (χ1n) is 5.97. The first kappa shape index (κ1) is 11.8. The maximum Gasteiger partial charge on any atom is 0.549 e. The highest BCUT2D eigenvalue weighted by Crippen LogP contribution is 2.31. The molecular formula is C13H18O2P+. The summed E-state index contributed by atoms with van der Waals surface area (Å²) in [5.74, 6) is 0. The number of benzene rings is 1. The third-order valence-electron chi connectivity index (χ3n) is 3.11. The molecule has 3 heteroatoms. The van der Waals surface area contributed by atoms with Gasteiger partial charge in [-0.25, -0.2) is 0 Å². The largest absolute Gasteiger partial charge is 0.549 e. The minimum Gasteiger partial charge on any atom is -0.138 e. The molecule has 0 spiro atoms. The van der Waals surface area contributed by atoms with E-state index in [0.717, 1.165) is 23.7 Å². The average Bonchev–Trinajstić information content (AvgIpc) is 2.31. The summed E-state index contributed by atoms with van der Waals surface area (Å²) in [5, 5.41) is 0.850. The molecule has 0 saturated heterocycles. The van der Waals surface area contributed by atoms with Crippen LogP contribution in [0.4, 0.5) is 0 Å². The zero-order valence-corrected chi connectivity index (χ0v) is 10.6. The molecule has 1 aliphatic rings. The molecule has 1 aromatic rings. The van der Waals surface area contributed by atoms with Crippen molar-refractivity contribution < 1.29 is 9.09 Å². The van der Waals surface area contributed by atoms with Crippen molar-refractivity contribution in [3.63, 3.8) is 0 Å². The van der Waals surface area contributed by atoms with Gasteiger partial charge in [-0.05, 0) is 30.4 Å². The maximum absolute atomic E-state index is 12.1. The molecule has 0 radical (unpaired) electrons. The van der Waals surface area contributed by atoms with Crippen molar-refractivity contribution in [1.29, 1.82) is 0 Å². The smallest absolute Gasteiger partial charge is 0.138 e. The van der Waals surface area contributed by atoms with E-state index in [2.05, 4.69) is 0 Å². The van der Waals surface area contributed by atoms with Crippen LogP contribution in [0, 0.1) is 6.92 Å². The standard InChI is InChI=1S/C13H18O2P/c1-11-7-5-6-10-13(11)16(14)15-12-8-3-2-4-9-12/h5-7,10,12H,2-4,8-9H2,1H3/q+1. The summed E-state index contributed by atoms with van der Waals surface area (Å²) in [4.78, 5) is 0. The highest BCUT2D eigenvalue weighted by molar-refractivity contribution is 7.48. The molecule has 1 fully saturated rings. The third-order valence-corrected chi connectivity index (χ3v) is 4.49. The summed E-state index contributed by atoms with van der Waals surface area (Å²) >= 11 is 0. The van der Waals surface area contributed by atoms with Crippen LogP contribution in [0.1, 0.15) is 37.7 Å². The van der Waals surface area contributed by atoms with E-state index in [1.165, 1.54) is 19.3 Å². The van der Waals surface area contributed by atoms with Crippen molar-refractivity contribution in [2.45, 2.75) is 45.1 Å². The van der Waals surface area contributed by atoms with Gasteiger partial charge in [0, 0.05) is 5.56 Å². The Morgan fingerprint density at radius 2 is 1.88 bits per heavy atom. The lowest BCUT2D eigenvalue weighted by Crippen LogP contribution is -2.15. The predicted octanol–water partition coefficient (Wildman–Crippen LogP) is 3.71. The molecule has 0 heterocycles. The number of rotatable bonds is 3. The Morgan fingerprint density at radius 3 is 2.56 bits per heavy atom. The molecule has 0 aromatic heterocycles. The molecule has 2 nitrogen and oxygen atoms in total. The fraction of sp³-hybridized carbons (Fsp3) is 0.538. The monoisotopic (exact) mass is 237 g/mol. The predicted molar refractivity (Wildman–Crippen MR) is 66.4 cm³/mol. The van der Waals surface area contributed by atoms with Crippen LogP contribution in [-0.4, -0.2) is 6.10 Å². The zero-order chi connectivity index (χ0) is 11.4. The number of aryl methyl sites for hydroxylation is 1. The molecule has 1 aromatic carbocycles. The lowest BCUT2D eigenvalue weighted by molar-refractivity contribution is 0.168. The van der Waals surface area contributed by atoms with Crippen molar-refractivity contribution in [1.82, 2.24) is 0 Å². The van der Waals surface area contributed by atoms with Gasteiger partial charge in [-0.3, -0.25) is 0 Å². The van der Waals surface area contributed by atoms with Gasteiger partial charge in [0.2, 0.25) is 5.30 Å². The molecule has 1 unspecified atom stereocenters. The van der Waals surface area contributed by atoms with Gasteiger partial charge in [0.15, 0.2) is 0 Å². The Morgan fingerprint density at radius 1 is 1.19 bits per heavy atom. The minimum atomic E-state index is -1.67. The quantitative estimate of drug-likeness (QED) is 0.749. The van der Waals surface area contributed by atoms with Crippen LogP contribution in [0.5, 0.6) is 0 Å². The van der Waals surface area contributed by atoms with E-state index in [0.29, 0.717) is 0 Å². The number of hydrogen-bond acceptors (Lipinski definition) is 2. The molecule has 0 amide bonds. The summed E-state index contributed by atoms with van der Waals surface area (Å²) in [6.07, 6.45) is 6.04. The fourth-order valence-electron chi connectivity index (χ4n) is 2.13. The highest BCUT2D eigenvalue weighted by atomic mass is 31.1. The normalized spacial score (nSPS) is 18.4. The van der Waals surface area contributed by atoms with Gasteiger partial charge in [0.25, 0.3) is 0 Å². The maximum atomic E-state index is 12.1. The van der Waals surface area contributed by atoms with Gasteiger partial charge in [0.1, 0.15) is 6.10 Å². The first-order valence-corrected chi connectivity index (χ1v) is 7.15. The van der Waals surface area contributed by atoms with E-state index >= 15 is 0 Å². The van der Waals surface area contributed by atoms with Crippen LogP contribution >= 0.6 is 8.03 Å². The van der Waals surface area contributed by atoms with E-state index < -0.39 is 8.03 Å². The summed E-state index contributed by atoms with van der Waals surface area (Å²) in [5.41, 5.74) is 1.06. The van der Waals surface area contributed by atoms with Crippen molar-refractivity contribution >= 4 is 13.3 Å². The second-order valence-electron chi connectivity index (χ2n) is 4.41. The minimum absolute atomic E-state index is 0.206. The van der Waals surface area contributed by atoms with Crippen molar-refractivity contribution in [3.8, 4) is 0 Å². The van der Waals surface area contributed by atoms with E-state index in [1.54, 1.807) is 0 Å². The molecule has 1 atom stereocenters. The summed E-state index contributed by atoms with van der Waals surface area (Å²) in [6.45, 7) is 1.98. The van der Waals surface area contributed by atoms with Gasteiger partial charge in [-0.2, -0.15) is 0 Å². The lowest BCUT2D eigenvalue weighted by Gasteiger charge is -2.15. The van der Waals surface area contributed by atoms with Crippen LogP contribution in [0.2, 0.25) is 0 Å². The van der Waals surface area contributed by atoms with Gasteiger partial charge >= 0.3 is 8.03 Å². The Balaban J connectivity index is 2.00. The average molecular weight is 237 g/mol. The van der Waals surface area contributed by atoms with Gasteiger partial charge < -0.3 is 0 Å². The lowest BCUT2D eigenvalue weighted by atomic mass is 9.98. The van der Waals surface area contributed by atoms with Gasteiger partial charge in [-0.15, -0.1) is 4.52 Å². The topological polar surface area (TPSA) is 26.3 Å². The van der Waals surface area contributed by atoms with Crippen LogP contribution in [-0.2, 0) is 9.09 Å². The van der Waals surface area contributed by atoms with E-state index in [1.807, 2.05) is 31.2 Å². The molecule has 16 heavy (non-hydrogen) atoms. The van der Waals surface area contributed by atoms with Gasteiger partial charge in [-0.1, -0.05) is 37.5 Å². The molecule has 0 N–H and O–H groups in total. The summed E-state index contributed by atoms with van der Waals surface area (Å²) in [7, 11) is -1.67. The summed E-state index contributed by atoms with van der Waals surface area (Å²) < 4.78 is 17.7. The molecule has 86 valence electrons. The van der Waals surface area contributed by atoms with Gasteiger partial charge in [0.05, 0.1) is 0 Å². The molecular weight excluding hydrogens is 219 g/mol. The van der Waals surface area contributed by atoms with Crippen LogP contribution in [0.3, 0.4) is 0 Å². The Kier molecular flexibility index (Phi) is 4.09. The molecule has 0 aliphatic heterocycles. The zero-order valence-electron chi connectivity index (χ0n) is 9.69. The Bertz CT molecular complexity index is 370. The van der Waals surface area contributed by atoms with Crippen LogP contribution in [0.25, 0.3) is 0 Å². The highest BCUT2D eigenvalue weighted by Gasteiger charge is 2.30. The third kappa shape index (κ3) is 2.90. The summed E-state index contributed by atoms with van der Waals surface area (Å²) in [6, 6.07) is 7.76. The first-order chi connectivity index (χ1) is 7.77. The van der Waals surface area contributed by atoms with Crippen LogP contribution < -0.4 is 5.30 Å².